The standard InChI is InChI=1S/C32H37N7O4/c1-20-29(23-9-10-25(19-43-4)26(16-23)32(42)34-11-6-14-40)31-36-27(21(2)41)17-28(39(31)37-20)35-18-22-7-5-8-24(15-22)30-33-12-13-38(30)3/h5,7-10,12-13,15-17,21,35,40-41H,6,11,14,18-19H2,1-4H3,(H,34,42). The molecule has 3 aromatic heterocycles. The molecule has 224 valence electrons. The summed E-state index contributed by atoms with van der Waals surface area (Å²) in [5.41, 5.74) is 6.60. The average Bonchev–Trinajstić information content (AvgIpc) is 3.58. The molecule has 0 radical (unpaired) electrons. The van der Waals surface area contributed by atoms with Crippen LogP contribution in [0.1, 0.15) is 52.3 Å². The minimum atomic E-state index is -0.808. The Balaban J connectivity index is 1.53. The first-order valence-corrected chi connectivity index (χ1v) is 14.2. The Hall–Kier alpha value is -4.58. The maximum atomic E-state index is 13.1. The van der Waals surface area contributed by atoms with Crippen LogP contribution in [0.15, 0.2) is 60.9 Å². The van der Waals surface area contributed by atoms with E-state index in [0.717, 1.165) is 39.3 Å². The number of methoxy groups -OCH3 is 1. The summed E-state index contributed by atoms with van der Waals surface area (Å²) in [5.74, 6) is 1.31. The highest BCUT2D eigenvalue weighted by atomic mass is 16.5. The van der Waals surface area contributed by atoms with Gasteiger partial charge in [0.15, 0.2) is 5.65 Å². The van der Waals surface area contributed by atoms with Crippen LogP contribution in [0.25, 0.3) is 28.2 Å². The molecule has 43 heavy (non-hydrogen) atoms. The summed E-state index contributed by atoms with van der Waals surface area (Å²) >= 11 is 0. The molecule has 3 heterocycles. The largest absolute Gasteiger partial charge is 0.396 e. The number of imidazole rings is 1. The van der Waals surface area contributed by atoms with Gasteiger partial charge in [-0.25, -0.2) is 9.97 Å². The third kappa shape index (κ3) is 6.43. The molecule has 0 aliphatic heterocycles. The zero-order valence-corrected chi connectivity index (χ0v) is 24.8. The van der Waals surface area contributed by atoms with Gasteiger partial charge in [-0.3, -0.25) is 4.79 Å². The number of nitrogens with one attached hydrogen (secondary N) is 2. The fourth-order valence-corrected chi connectivity index (χ4v) is 5.08. The molecule has 4 N–H and O–H groups in total. The molecule has 5 rings (SSSR count). The molecule has 0 saturated heterocycles. The summed E-state index contributed by atoms with van der Waals surface area (Å²) in [6.07, 6.45) is 3.35. The van der Waals surface area contributed by atoms with Crippen LogP contribution in [-0.2, 0) is 24.9 Å². The van der Waals surface area contributed by atoms with Crippen molar-refractivity contribution in [2.75, 3.05) is 25.6 Å². The van der Waals surface area contributed by atoms with Gasteiger partial charge in [0.2, 0.25) is 0 Å². The molecule has 0 saturated carbocycles. The molecule has 1 unspecified atom stereocenters. The van der Waals surface area contributed by atoms with Crippen LogP contribution >= 0.6 is 0 Å². The summed E-state index contributed by atoms with van der Waals surface area (Å²) in [4.78, 5) is 22.3. The minimum absolute atomic E-state index is 0.00393. The van der Waals surface area contributed by atoms with E-state index < -0.39 is 6.10 Å². The molecule has 5 aromatic rings. The topological polar surface area (TPSA) is 139 Å². The van der Waals surface area contributed by atoms with E-state index in [2.05, 4.69) is 21.7 Å². The van der Waals surface area contributed by atoms with Gasteiger partial charge in [0.1, 0.15) is 11.6 Å². The van der Waals surface area contributed by atoms with Gasteiger partial charge in [-0.1, -0.05) is 30.3 Å². The average molecular weight is 584 g/mol. The van der Waals surface area contributed by atoms with Crippen molar-refractivity contribution in [1.29, 1.82) is 0 Å². The van der Waals surface area contributed by atoms with E-state index in [1.165, 1.54) is 0 Å². The van der Waals surface area contributed by atoms with Crippen LogP contribution in [0, 0.1) is 6.92 Å². The van der Waals surface area contributed by atoms with Gasteiger partial charge in [-0.2, -0.15) is 9.61 Å². The number of carbonyl (C=O) groups is 1. The second-order valence-electron chi connectivity index (χ2n) is 10.5. The number of aromatic nitrogens is 5. The van der Waals surface area contributed by atoms with Crippen molar-refractivity contribution in [2.45, 2.75) is 39.5 Å². The highest BCUT2D eigenvalue weighted by Gasteiger charge is 2.21. The van der Waals surface area contributed by atoms with Gasteiger partial charge in [-0.05, 0) is 49.1 Å². The molecule has 11 nitrogen and oxygen atoms in total. The van der Waals surface area contributed by atoms with Crippen LogP contribution in [0.3, 0.4) is 0 Å². The first kappa shape index (κ1) is 29.9. The third-order valence-corrected chi connectivity index (χ3v) is 7.26. The lowest BCUT2D eigenvalue weighted by atomic mass is 9.98. The van der Waals surface area contributed by atoms with E-state index in [0.29, 0.717) is 42.2 Å². The lowest BCUT2D eigenvalue weighted by Crippen LogP contribution is -2.26. The van der Waals surface area contributed by atoms with Gasteiger partial charge in [0, 0.05) is 69.0 Å². The molecule has 1 amide bonds. The smallest absolute Gasteiger partial charge is 0.251 e. The van der Waals surface area contributed by atoms with Crippen molar-refractivity contribution in [2.24, 2.45) is 7.05 Å². The molecular weight excluding hydrogens is 546 g/mol. The van der Waals surface area contributed by atoms with Crippen molar-refractivity contribution in [3.8, 4) is 22.5 Å². The Morgan fingerprint density at radius 1 is 1.14 bits per heavy atom. The molecule has 11 heteroatoms. The first-order valence-electron chi connectivity index (χ1n) is 14.2. The number of carbonyl (C=O) groups excluding carboxylic acids is 1. The summed E-state index contributed by atoms with van der Waals surface area (Å²) in [7, 11) is 3.55. The van der Waals surface area contributed by atoms with Gasteiger partial charge in [-0.15, -0.1) is 0 Å². The Kier molecular flexibility index (Phi) is 9.15. The zero-order chi connectivity index (χ0) is 30.5. The zero-order valence-electron chi connectivity index (χ0n) is 24.8. The second kappa shape index (κ2) is 13.2. The predicted octanol–water partition coefficient (Wildman–Crippen LogP) is 4.03. The summed E-state index contributed by atoms with van der Waals surface area (Å²) in [6, 6.07) is 15.6. The lowest BCUT2D eigenvalue weighted by molar-refractivity contribution is 0.0946. The molecule has 0 bridgehead atoms. The molecule has 0 aliphatic carbocycles. The summed E-state index contributed by atoms with van der Waals surface area (Å²) in [5, 5.41) is 30.8. The van der Waals surface area contributed by atoms with Crippen LogP contribution in [0.4, 0.5) is 5.82 Å². The van der Waals surface area contributed by atoms with Crippen molar-refractivity contribution in [1.82, 2.24) is 29.5 Å². The SMILES string of the molecule is COCc1ccc(-c2c(C)nn3c(NCc4cccc(-c5nccn5C)c4)cc(C(C)O)nc23)cc1C(=O)NCCCO. The fraction of sp³-hybridized carbons (Fsp3) is 0.312. The number of aryl methyl sites for hydroxylation is 2. The number of amides is 1. The summed E-state index contributed by atoms with van der Waals surface area (Å²) < 4.78 is 9.05. The van der Waals surface area contributed by atoms with E-state index in [-0.39, 0.29) is 19.1 Å². The fourth-order valence-electron chi connectivity index (χ4n) is 5.08. The molecule has 0 fully saturated rings. The van der Waals surface area contributed by atoms with E-state index in [1.54, 1.807) is 30.8 Å². The van der Waals surface area contributed by atoms with E-state index in [4.69, 9.17) is 19.9 Å². The van der Waals surface area contributed by atoms with Crippen molar-refractivity contribution in [3.05, 3.63) is 89.0 Å². The molecule has 0 aliphatic rings. The van der Waals surface area contributed by atoms with Crippen LogP contribution < -0.4 is 10.6 Å². The normalized spacial score (nSPS) is 12.0. The Morgan fingerprint density at radius 2 is 1.98 bits per heavy atom. The van der Waals surface area contributed by atoms with E-state index in [1.807, 2.05) is 61.1 Å². The lowest BCUT2D eigenvalue weighted by Gasteiger charge is -2.14. The van der Waals surface area contributed by atoms with Gasteiger partial charge in [0.05, 0.1) is 24.1 Å². The first-order chi connectivity index (χ1) is 20.8. The van der Waals surface area contributed by atoms with Crippen molar-refractivity contribution >= 4 is 17.4 Å². The van der Waals surface area contributed by atoms with Gasteiger partial charge in [0.25, 0.3) is 5.91 Å². The number of hydrogen-bond acceptors (Lipinski definition) is 8. The highest BCUT2D eigenvalue weighted by molar-refractivity contribution is 5.97. The highest BCUT2D eigenvalue weighted by Crippen LogP contribution is 2.32. The van der Waals surface area contributed by atoms with Crippen LogP contribution in [0.2, 0.25) is 0 Å². The van der Waals surface area contributed by atoms with E-state index >= 15 is 0 Å². The number of aliphatic hydroxyl groups is 2. The number of aliphatic hydroxyl groups excluding tert-OH is 2. The maximum absolute atomic E-state index is 13.1. The number of benzene rings is 2. The Labute approximate surface area is 250 Å². The summed E-state index contributed by atoms with van der Waals surface area (Å²) in [6.45, 7) is 4.72. The number of anilines is 1. The minimum Gasteiger partial charge on any atom is -0.396 e. The number of rotatable bonds is 12. The van der Waals surface area contributed by atoms with Crippen LogP contribution in [0.5, 0.6) is 0 Å². The van der Waals surface area contributed by atoms with Crippen LogP contribution in [-0.4, -0.2) is 60.5 Å². The Morgan fingerprint density at radius 3 is 2.70 bits per heavy atom. The van der Waals surface area contributed by atoms with E-state index in [9.17, 15) is 9.90 Å². The number of ether oxygens (including phenoxy) is 1. The number of nitrogens with zero attached hydrogens (tertiary/aromatic N) is 5. The second-order valence-corrected chi connectivity index (χ2v) is 10.5. The Bertz CT molecular complexity index is 1740. The maximum Gasteiger partial charge on any atom is 0.251 e. The molecule has 2 aromatic carbocycles. The monoisotopic (exact) mass is 583 g/mol. The molecule has 1 atom stereocenters. The van der Waals surface area contributed by atoms with Crippen molar-refractivity contribution in [3.63, 3.8) is 0 Å². The quantitative estimate of drug-likeness (QED) is 0.162. The molecule has 0 spiro atoms. The predicted molar refractivity (Wildman–Crippen MR) is 165 cm³/mol. The third-order valence-electron chi connectivity index (χ3n) is 7.26. The number of fused-ring (bicyclic) bond motifs is 1. The van der Waals surface area contributed by atoms with Gasteiger partial charge >= 0.3 is 0 Å². The molecular formula is C32H37N7O4. The van der Waals surface area contributed by atoms with Gasteiger partial charge < -0.3 is 30.2 Å². The number of hydrogen-bond donors (Lipinski definition) is 4. The van der Waals surface area contributed by atoms with Crippen molar-refractivity contribution < 1.29 is 19.7 Å².